The van der Waals surface area contributed by atoms with Crippen LogP contribution in [0.1, 0.15) is 31.4 Å². The summed E-state index contributed by atoms with van der Waals surface area (Å²) in [5.41, 5.74) is 2.28. The molecule has 1 atom stereocenters. The highest BCUT2D eigenvalue weighted by Gasteiger charge is 2.28. The van der Waals surface area contributed by atoms with E-state index >= 15 is 0 Å². The van der Waals surface area contributed by atoms with Crippen molar-refractivity contribution >= 4 is 29.5 Å². The van der Waals surface area contributed by atoms with Crippen LogP contribution in [-0.4, -0.2) is 65.1 Å². The molecule has 2 amide bonds. The highest BCUT2D eigenvalue weighted by molar-refractivity contribution is 7.99. The molecule has 170 valence electrons. The molecule has 1 N–H and O–H groups in total. The van der Waals surface area contributed by atoms with Crippen LogP contribution in [0.5, 0.6) is 0 Å². The van der Waals surface area contributed by atoms with E-state index in [1.807, 2.05) is 0 Å². The highest BCUT2D eigenvalue weighted by atomic mass is 32.2. The third kappa shape index (κ3) is 6.25. The van der Waals surface area contributed by atoms with E-state index in [2.05, 4.69) is 15.0 Å². The number of ether oxygens (including phenoxy) is 1. The van der Waals surface area contributed by atoms with E-state index in [-0.39, 0.29) is 41.8 Å². The average Bonchev–Trinajstić information content (AvgIpc) is 2.81. The molecule has 0 unspecified atom stereocenters. The van der Waals surface area contributed by atoms with Crippen LogP contribution in [0.25, 0.3) is 11.1 Å². The summed E-state index contributed by atoms with van der Waals surface area (Å²) in [6, 6.07) is 6.09. The molecular weight excluding hydrogens is 435 g/mol. The van der Waals surface area contributed by atoms with Gasteiger partial charge in [0.05, 0.1) is 25.1 Å². The predicted octanol–water partition coefficient (Wildman–Crippen LogP) is 2.39. The van der Waals surface area contributed by atoms with Gasteiger partial charge in [-0.2, -0.15) is 0 Å². The number of benzene rings is 1. The molecule has 0 spiro atoms. The molecule has 2 aromatic rings. The van der Waals surface area contributed by atoms with Crippen LogP contribution >= 0.6 is 11.8 Å². The Morgan fingerprint density at radius 2 is 2.03 bits per heavy atom. The van der Waals surface area contributed by atoms with E-state index in [0.29, 0.717) is 18.2 Å². The number of halogens is 1. The van der Waals surface area contributed by atoms with Gasteiger partial charge in [0.1, 0.15) is 5.82 Å². The zero-order chi connectivity index (χ0) is 23.1. The third-order valence-electron chi connectivity index (χ3n) is 5.15. The van der Waals surface area contributed by atoms with Crippen molar-refractivity contribution in [2.75, 3.05) is 32.5 Å². The lowest BCUT2D eigenvalue weighted by molar-refractivity contribution is -0.137. The van der Waals surface area contributed by atoms with Crippen LogP contribution in [0.2, 0.25) is 0 Å². The van der Waals surface area contributed by atoms with Crippen LogP contribution < -0.4 is 5.32 Å². The lowest BCUT2D eigenvalue weighted by Crippen LogP contribution is -2.44. The second-order valence-electron chi connectivity index (χ2n) is 7.41. The van der Waals surface area contributed by atoms with Crippen molar-refractivity contribution in [3.05, 3.63) is 42.0 Å². The Kier molecular flexibility index (Phi) is 8.15. The fraction of sp³-hybridized carbons (Fsp3) is 0.409. The molecule has 0 bridgehead atoms. The standard InChI is InChI=1S/C22H25FN4O4S/c1-14(28)24-11-19(29)27-9-3-4-16(12-27)21-18(15-5-7-17(23)8-6-15)10-25-22(26-21)32-13-20(30)31-2/h5-8,10,16H,3-4,9,11-13H2,1-2H3,(H,24,28)/t16-/m1/s1. The third-order valence-corrected chi connectivity index (χ3v) is 5.98. The molecule has 1 aliphatic heterocycles. The first-order chi connectivity index (χ1) is 15.4. The van der Waals surface area contributed by atoms with Crippen molar-refractivity contribution in [2.24, 2.45) is 0 Å². The van der Waals surface area contributed by atoms with Crippen molar-refractivity contribution in [3.8, 4) is 11.1 Å². The van der Waals surface area contributed by atoms with Gasteiger partial charge in [0.15, 0.2) is 5.16 Å². The van der Waals surface area contributed by atoms with Gasteiger partial charge >= 0.3 is 5.97 Å². The summed E-state index contributed by atoms with van der Waals surface area (Å²) in [7, 11) is 1.32. The molecule has 1 aliphatic rings. The van der Waals surface area contributed by atoms with Gasteiger partial charge in [0.2, 0.25) is 11.8 Å². The Morgan fingerprint density at radius 1 is 1.28 bits per heavy atom. The van der Waals surface area contributed by atoms with E-state index < -0.39 is 0 Å². The van der Waals surface area contributed by atoms with Crippen molar-refractivity contribution in [3.63, 3.8) is 0 Å². The fourth-order valence-corrected chi connectivity index (χ4v) is 4.19. The van der Waals surface area contributed by atoms with Crippen LogP contribution in [0, 0.1) is 5.82 Å². The number of carbonyl (C=O) groups excluding carboxylic acids is 3. The molecule has 32 heavy (non-hydrogen) atoms. The van der Waals surface area contributed by atoms with Gasteiger partial charge in [-0.25, -0.2) is 14.4 Å². The largest absolute Gasteiger partial charge is 0.468 e. The van der Waals surface area contributed by atoms with Crippen LogP contribution in [-0.2, 0) is 19.1 Å². The number of hydrogen-bond acceptors (Lipinski definition) is 7. The van der Waals surface area contributed by atoms with Gasteiger partial charge < -0.3 is 15.0 Å². The summed E-state index contributed by atoms with van der Waals surface area (Å²) < 4.78 is 18.1. The predicted molar refractivity (Wildman–Crippen MR) is 117 cm³/mol. The minimum Gasteiger partial charge on any atom is -0.468 e. The maximum Gasteiger partial charge on any atom is 0.316 e. The molecular formula is C22H25FN4O4S. The Balaban J connectivity index is 1.88. The lowest BCUT2D eigenvalue weighted by Gasteiger charge is -2.33. The van der Waals surface area contributed by atoms with Gasteiger partial charge in [0, 0.05) is 37.7 Å². The first-order valence-electron chi connectivity index (χ1n) is 10.2. The van der Waals surface area contributed by atoms with Crippen molar-refractivity contribution in [1.82, 2.24) is 20.2 Å². The van der Waals surface area contributed by atoms with E-state index in [1.165, 1.54) is 37.9 Å². The van der Waals surface area contributed by atoms with Crippen LogP contribution in [0.15, 0.2) is 35.6 Å². The second kappa shape index (κ2) is 11.0. The number of likely N-dealkylation sites (tertiary alicyclic amines) is 1. The molecule has 1 fully saturated rings. The molecule has 3 rings (SSSR count). The van der Waals surface area contributed by atoms with Gasteiger partial charge in [-0.15, -0.1) is 0 Å². The summed E-state index contributed by atoms with van der Waals surface area (Å²) in [4.78, 5) is 46.0. The molecule has 0 saturated carbocycles. The number of nitrogens with one attached hydrogen (secondary N) is 1. The Bertz CT molecular complexity index is 986. The number of esters is 1. The van der Waals surface area contributed by atoms with E-state index in [1.54, 1.807) is 23.2 Å². The van der Waals surface area contributed by atoms with Crippen molar-refractivity contribution in [1.29, 1.82) is 0 Å². The maximum absolute atomic E-state index is 13.4. The molecule has 0 radical (unpaired) electrons. The Morgan fingerprint density at radius 3 is 2.72 bits per heavy atom. The molecule has 0 aliphatic carbocycles. The number of amides is 2. The van der Waals surface area contributed by atoms with E-state index in [9.17, 15) is 18.8 Å². The summed E-state index contributed by atoms with van der Waals surface area (Å²) in [6.45, 7) is 2.38. The molecule has 2 heterocycles. The van der Waals surface area contributed by atoms with Gasteiger partial charge in [0.25, 0.3) is 0 Å². The SMILES string of the molecule is COC(=O)CSc1ncc(-c2ccc(F)cc2)c([C@@H]2CCCN(C(=O)CNC(C)=O)C2)n1. The zero-order valence-electron chi connectivity index (χ0n) is 18.0. The summed E-state index contributed by atoms with van der Waals surface area (Å²) >= 11 is 1.17. The zero-order valence-corrected chi connectivity index (χ0v) is 18.8. The topological polar surface area (TPSA) is 101 Å². The monoisotopic (exact) mass is 460 g/mol. The number of aromatic nitrogens is 2. The first kappa shape index (κ1) is 23.6. The smallest absolute Gasteiger partial charge is 0.316 e. The van der Waals surface area contributed by atoms with Crippen molar-refractivity contribution < 1.29 is 23.5 Å². The van der Waals surface area contributed by atoms with E-state index in [0.717, 1.165) is 29.7 Å². The molecule has 1 aromatic carbocycles. The van der Waals surface area contributed by atoms with Crippen molar-refractivity contribution in [2.45, 2.75) is 30.8 Å². The first-order valence-corrected chi connectivity index (χ1v) is 11.2. The number of hydrogen-bond donors (Lipinski definition) is 1. The number of nitrogens with zero attached hydrogens (tertiary/aromatic N) is 3. The minimum absolute atomic E-state index is 0.0448. The Hall–Kier alpha value is -3.01. The maximum atomic E-state index is 13.4. The normalized spacial score (nSPS) is 15.8. The number of carbonyl (C=O) groups is 3. The lowest BCUT2D eigenvalue weighted by atomic mass is 9.90. The van der Waals surface area contributed by atoms with Crippen LogP contribution in [0.4, 0.5) is 4.39 Å². The quantitative estimate of drug-likeness (QED) is 0.385. The summed E-state index contributed by atoms with van der Waals surface area (Å²) in [5, 5.41) is 2.97. The van der Waals surface area contributed by atoms with Gasteiger partial charge in [-0.3, -0.25) is 14.4 Å². The number of methoxy groups -OCH3 is 1. The molecule has 10 heteroatoms. The highest BCUT2D eigenvalue weighted by Crippen LogP contribution is 2.34. The van der Waals surface area contributed by atoms with Gasteiger partial charge in [-0.1, -0.05) is 23.9 Å². The summed E-state index contributed by atoms with van der Waals surface area (Å²) in [6.07, 6.45) is 3.28. The number of thioether (sulfide) groups is 1. The molecule has 8 nitrogen and oxygen atoms in total. The van der Waals surface area contributed by atoms with Gasteiger partial charge in [-0.05, 0) is 30.5 Å². The fourth-order valence-electron chi connectivity index (χ4n) is 3.53. The number of piperidine rings is 1. The summed E-state index contributed by atoms with van der Waals surface area (Å²) in [5.74, 6) is -1.11. The molecule has 1 saturated heterocycles. The second-order valence-corrected chi connectivity index (χ2v) is 8.35. The average molecular weight is 461 g/mol. The van der Waals surface area contributed by atoms with Crippen LogP contribution in [0.3, 0.4) is 0 Å². The minimum atomic E-state index is -0.379. The Labute approximate surface area is 189 Å². The molecule has 1 aromatic heterocycles. The van der Waals surface area contributed by atoms with E-state index in [4.69, 9.17) is 4.98 Å². The number of rotatable bonds is 7.